The number of halogens is 3. The lowest BCUT2D eigenvalue weighted by molar-refractivity contribution is -0.137. The summed E-state index contributed by atoms with van der Waals surface area (Å²) in [6.07, 6.45) is 2.93. The first-order valence-electron chi connectivity index (χ1n) is 20.7. The van der Waals surface area contributed by atoms with Gasteiger partial charge in [0.1, 0.15) is 22.1 Å². The average Bonchev–Trinajstić information content (AvgIpc) is 3.26. The lowest BCUT2D eigenvalue weighted by atomic mass is 9.99. The molecule has 0 aliphatic heterocycles. The number of hydrogen-bond acceptors (Lipinski definition) is 12. The standard InChI is InChI=1S/C23H25ClN4O4S.C18H15BrClN3O2S.C5H11NO2/c1-4-28(13-11-21(29)30)20-14-17(10-12-25-20)33(31,32)27-19-9-8-18(24)23(26-19)22-15(2)6-5-7-16(22)3;1-11-4-3-5-12(2)17(11)18-14(20)6-7-16(22-18)23-26(24,25)13-8-9-21-15(19)10-13;1-2-6-4-3-5(7)8/h5-10,12,14H,4,11,13H2,1-3H3,(H,26,27)(H,29,30);3-10H,1-2H3,(H,22,23);6H,2-4H2,1H3,(H,7,8). The summed E-state index contributed by atoms with van der Waals surface area (Å²) >= 11 is 15.9. The Balaban J connectivity index is 0.000000256. The molecule has 356 valence electrons. The lowest BCUT2D eigenvalue weighted by Crippen LogP contribution is -2.27. The molecule has 0 saturated heterocycles. The van der Waals surface area contributed by atoms with Crippen molar-refractivity contribution in [2.45, 2.75) is 64.2 Å². The van der Waals surface area contributed by atoms with Gasteiger partial charge in [-0.15, -0.1) is 0 Å². The summed E-state index contributed by atoms with van der Waals surface area (Å²) in [7, 11) is -7.77. The van der Waals surface area contributed by atoms with Crippen LogP contribution in [0.15, 0.2) is 112 Å². The molecule has 0 aliphatic carbocycles. The Kier molecular flexibility index (Phi) is 20.0. The molecule has 67 heavy (non-hydrogen) atoms. The van der Waals surface area contributed by atoms with E-state index in [1.54, 1.807) is 17.0 Å². The van der Waals surface area contributed by atoms with Crippen LogP contribution < -0.4 is 19.7 Å². The van der Waals surface area contributed by atoms with Crippen molar-refractivity contribution in [3.8, 4) is 22.5 Å². The van der Waals surface area contributed by atoms with Gasteiger partial charge in [-0.05, 0) is 122 Å². The predicted molar refractivity (Wildman–Crippen MR) is 267 cm³/mol. The fourth-order valence-corrected chi connectivity index (χ4v) is 9.38. The van der Waals surface area contributed by atoms with Gasteiger partial charge in [0.25, 0.3) is 20.0 Å². The number of aryl methyl sites for hydroxylation is 4. The van der Waals surface area contributed by atoms with Crippen LogP contribution in [-0.4, -0.2) is 85.1 Å². The van der Waals surface area contributed by atoms with Crippen LogP contribution in [0.1, 0.15) is 48.9 Å². The summed E-state index contributed by atoms with van der Waals surface area (Å²) in [5.41, 5.74) is 6.76. The smallest absolute Gasteiger partial charge is 0.305 e. The number of sulfonamides is 2. The number of aliphatic carboxylic acids is 2. The normalized spacial score (nSPS) is 11.1. The Hall–Kier alpha value is -5.70. The topological polar surface area (TPSA) is 234 Å². The van der Waals surface area contributed by atoms with Crippen LogP contribution in [0.25, 0.3) is 22.5 Å². The minimum Gasteiger partial charge on any atom is -0.481 e. The van der Waals surface area contributed by atoms with Crippen molar-refractivity contribution in [3.63, 3.8) is 0 Å². The molecule has 0 amide bonds. The van der Waals surface area contributed by atoms with Crippen molar-refractivity contribution in [1.29, 1.82) is 0 Å². The SMILES string of the molecule is CCN(CCC(=O)O)c1cc(S(=O)(=O)Nc2ccc(Cl)c(-c3c(C)cccc3C)n2)ccn1.CCNCCC(=O)O.Cc1cccc(C)c1-c1nc(NS(=O)(=O)c2ccnc(Br)c2)ccc1Cl. The van der Waals surface area contributed by atoms with Gasteiger partial charge in [-0.2, -0.15) is 0 Å². The van der Waals surface area contributed by atoms with Gasteiger partial charge in [-0.25, -0.2) is 36.8 Å². The zero-order valence-corrected chi connectivity index (χ0v) is 42.2. The molecule has 0 saturated carbocycles. The molecular weight excluding hydrogens is 1010 g/mol. The maximum atomic E-state index is 13.1. The number of rotatable bonds is 17. The number of nitrogens with zero attached hydrogens (tertiary/aromatic N) is 5. The van der Waals surface area contributed by atoms with Crippen molar-refractivity contribution < 1.29 is 36.6 Å². The Morgan fingerprint density at radius 1 is 0.657 bits per heavy atom. The number of carboxylic acid groups (broad SMARTS) is 2. The number of carbonyl (C=O) groups is 2. The maximum absolute atomic E-state index is 13.1. The van der Waals surface area contributed by atoms with Crippen LogP contribution >= 0.6 is 39.1 Å². The second kappa shape index (κ2) is 24.9. The molecule has 6 rings (SSSR count). The van der Waals surface area contributed by atoms with Gasteiger partial charge in [-0.3, -0.25) is 19.0 Å². The molecule has 2 aromatic carbocycles. The van der Waals surface area contributed by atoms with E-state index in [9.17, 15) is 26.4 Å². The van der Waals surface area contributed by atoms with Gasteiger partial charge in [0, 0.05) is 49.2 Å². The van der Waals surface area contributed by atoms with Crippen LogP contribution in [0.3, 0.4) is 0 Å². The molecular formula is C46H51BrCl2N8O8S2. The molecule has 5 N–H and O–H groups in total. The van der Waals surface area contributed by atoms with E-state index >= 15 is 0 Å². The minimum atomic E-state index is -3.98. The number of hydrogen-bond donors (Lipinski definition) is 5. The lowest BCUT2D eigenvalue weighted by Gasteiger charge is -2.21. The third kappa shape index (κ3) is 15.7. The van der Waals surface area contributed by atoms with E-state index in [-0.39, 0.29) is 40.8 Å². The highest BCUT2D eigenvalue weighted by Gasteiger charge is 2.21. The first kappa shape index (κ1) is 53.9. The maximum Gasteiger partial charge on any atom is 0.305 e. The van der Waals surface area contributed by atoms with E-state index in [1.807, 2.05) is 77.9 Å². The minimum absolute atomic E-state index is 0.00773. The van der Waals surface area contributed by atoms with Crippen LogP contribution in [0.4, 0.5) is 17.5 Å². The molecule has 6 aromatic rings. The molecule has 0 radical (unpaired) electrons. The van der Waals surface area contributed by atoms with Gasteiger partial charge >= 0.3 is 11.9 Å². The number of benzene rings is 2. The fraction of sp³-hybridized carbons (Fsp3) is 0.261. The average molecular weight is 1060 g/mol. The first-order chi connectivity index (χ1) is 31.7. The Bertz CT molecular complexity index is 2890. The van der Waals surface area contributed by atoms with Crippen molar-refractivity contribution in [2.24, 2.45) is 0 Å². The van der Waals surface area contributed by atoms with Crippen molar-refractivity contribution >= 4 is 88.6 Å². The van der Waals surface area contributed by atoms with E-state index in [0.717, 1.165) is 39.9 Å². The molecule has 0 unspecified atom stereocenters. The van der Waals surface area contributed by atoms with Gasteiger partial charge in [0.05, 0.1) is 44.1 Å². The quantitative estimate of drug-likeness (QED) is 0.0423. The second-order valence-corrected chi connectivity index (χ2v) is 19.7. The third-order valence-electron chi connectivity index (χ3n) is 9.71. The fourth-order valence-electron chi connectivity index (χ4n) is 6.45. The molecule has 4 aromatic heterocycles. The van der Waals surface area contributed by atoms with Crippen LogP contribution in [-0.2, 0) is 29.6 Å². The number of carboxylic acids is 2. The summed E-state index contributed by atoms with van der Waals surface area (Å²) in [6.45, 7) is 13.7. The van der Waals surface area contributed by atoms with Crippen LogP contribution in [0.5, 0.6) is 0 Å². The number of aromatic nitrogens is 4. The summed E-state index contributed by atoms with van der Waals surface area (Å²) in [6, 6.07) is 23.6. The number of anilines is 3. The van der Waals surface area contributed by atoms with E-state index in [4.69, 9.17) is 33.4 Å². The second-order valence-electron chi connectivity index (χ2n) is 14.7. The zero-order chi connectivity index (χ0) is 49.5. The molecule has 21 heteroatoms. The molecule has 0 fully saturated rings. The van der Waals surface area contributed by atoms with Crippen molar-refractivity contribution in [3.05, 3.63) is 134 Å². The largest absolute Gasteiger partial charge is 0.481 e. The van der Waals surface area contributed by atoms with E-state index in [2.05, 4.69) is 50.6 Å². The van der Waals surface area contributed by atoms with Crippen LogP contribution in [0, 0.1) is 27.7 Å². The van der Waals surface area contributed by atoms with Gasteiger partial charge in [-0.1, -0.05) is 66.5 Å². The zero-order valence-electron chi connectivity index (χ0n) is 37.5. The number of pyridine rings is 4. The molecule has 0 spiro atoms. The summed E-state index contributed by atoms with van der Waals surface area (Å²) in [5.74, 6) is -0.978. The molecule has 0 bridgehead atoms. The summed E-state index contributed by atoms with van der Waals surface area (Å²) < 4.78 is 56.8. The van der Waals surface area contributed by atoms with E-state index in [0.29, 0.717) is 44.9 Å². The van der Waals surface area contributed by atoms with Crippen molar-refractivity contribution in [2.75, 3.05) is 40.5 Å². The monoisotopic (exact) mass is 1060 g/mol. The highest BCUT2D eigenvalue weighted by atomic mass is 79.9. The highest BCUT2D eigenvalue weighted by Crippen LogP contribution is 2.34. The predicted octanol–water partition coefficient (Wildman–Crippen LogP) is 9.56. The van der Waals surface area contributed by atoms with Gasteiger partial charge < -0.3 is 20.4 Å². The van der Waals surface area contributed by atoms with Gasteiger partial charge in [0.15, 0.2) is 0 Å². The van der Waals surface area contributed by atoms with Crippen molar-refractivity contribution in [1.82, 2.24) is 25.3 Å². The summed E-state index contributed by atoms with van der Waals surface area (Å²) in [5, 5.41) is 20.8. The van der Waals surface area contributed by atoms with Gasteiger partial charge in [0.2, 0.25) is 0 Å². The summed E-state index contributed by atoms with van der Waals surface area (Å²) in [4.78, 5) is 39.6. The Morgan fingerprint density at radius 2 is 1.10 bits per heavy atom. The molecule has 0 aliphatic rings. The number of nitrogens with one attached hydrogen (secondary N) is 3. The van der Waals surface area contributed by atoms with E-state index < -0.39 is 32.0 Å². The molecule has 16 nitrogen and oxygen atoms in total. The Morgan fingerprint density at radius 3 is 1.52 bits per heavy atom. The highest BCUT2D eigenvalue weighted by molar-refractivity contribution is 9.10. The molecule has 0 atom stereocenters. The Labute approximate surface area is 409 Å². The molecule has 4 heterocycles. The third-order valence-corrected chi connectivity index (χ3v) is 13.5. The van der Waals surface area contributed by atoms with E-state index in [1.165, 1.54) is 48.8 Å². The first-order valence-corrected chi connectivity index (χ1v) is 25.2. The van der Waals surface area contributed by atoms with Crippen LogP contribution in [0.2, 0.25) is 10.0 Å².